The Morgan fingerprint density at radius 3 is 2.48 bits per heavy atom. The average Bonchev–Trinajstić information content (AvgIpc) is 3.24. The highest BCUT2D eigenvalue weighted by molar-refractivity contribution is 5.92. The fourth-order valence-corrected chi connectivity index (χ4v) is 3.15. The lowest BCUT2D eigenvalue weighted by Crippen LogP contribution is -2.34. The van der Waals surface area contributed by atoms with Crippen molar-refractivity contribution in [1.29, 1.82) is 0 Å². The number of para-hydroxylation sites is 1. The van der Waals surface area contributed by atoms with Crippen LogP contribution in [0.15, 0.2) is 36.4 Å². The molecule has 0 bridgehead atoms. The van der Waals surface area contributed by atoms with Crippen LogP contribution in [0.25, 0.3) is 5.69 Å². The fourth-order valence-electron chi connectivity index (χ4n) is 3.15. The van der Waals surface area contributed by atoms with E-state index in [0.29, 0.717) is 5.92 Å². The van der Waals surface area contributed by atoms with Crippen LogP contribution in [0.5, 0.6) is 0 Å². The minimum Gasteiger partial charge on any atom is -0.327 e. The van der Waals surface area contributed by atoms with Gasteiger partial charge in [0.2, 0.25) is 5.91 Å². The van der Waals surface area contributed by atoms with Crippen molar-refractivity contribution in [1.82, 2.24) is 9.78 Å². The second-order valence-electron chi connectivity index (χ2n) is 6.82. The van der Waals surface area contributed by atoms with Gasteiger partial charge in [0, 0.05) is 18.0 Å². The quantitative estimate of drug-likeness (QED) is 0.847. The first-order chi connectivity index (χ1) is 11.6. The molecule has 1 aromatic heterocycles. The molecule has 1 amide bonds. The summed E-state index contributed by atoms with van der Waals surface area (Å²) in [6, 6.07) is 11.8. The van der Waals surface area contributed by atoms with Gasteiger partial charge in [-0.3, -0.25) is 4.79 Å². The molecule has 1 aliphatic rings. The van der Waals surface area contributed by atoms with Crippen molar-refractivity contribution in [2.24, 2.45) is 11.7 Å². The Hall–Kier alpha value is -1.85. The molecule has 1 aliphatic carbocycles. The van der Waals surface area contributed by atoms with Gasteiger partial charge in [-0.2, -0.15) is 5.10 Å². The smallest absolute Gasteiger partial charge is 0.229 e. The zero-order valence-electron chi connectivity index (χ0n) is 14.8. The molecule has 2 aromatic rings. The van der Waals surface area contributed by atoms with Gasteiger partial charge in [0.15, 0.2) is 0 Å². The summed E-state index contributed by atoms with van der Waals surface area (Å²) in [7, 11) is 0. The Bertz CT molecular complexity index is 693. The van der Waals surface area contributed by atoms with E-state index in [4.69, 9.17) is 10.8 Å². The summed E-state index contributed by atoms with van der Waals surface area (Å²) in [5, 5.41) is 7.81. The van der Waals surface area contributed by atoms with Crippen molar-refractivity contribution in [3.05, 3.63) is 42.1 Å². The number of carbonyl (C=O) groups excluding carboxylic acids is 1. The molecule has 1 fully saturated rings. The molecule has 2 unspecified atom stereocenters. The van der Waals surface area contributed by atoms with E-state index in [0.717, 1.165) is 17.2 Å². The molecule has 136 valence electrons. The Kier molecular flexibility index (Phi) is 6.62. The number of rotatable bonds is 5. The van der Waals surface area contributed by atoms with Crippen molar-refractivity contribution in [2.45, 2.75) is 51.5 Å². The summed E-state index contributed by atoms with van der Waals surface area (Å²) < 4.78 is 1.83. The lowest BCUT2D eigenvalue weighted by molar-refractivity contribution is -0.119. The molecule has 1 saturated carbocycles. The van der Waals surface area contributed by atoms with Gasteiger partial charge in [-0.15, -0.1) is 12.4 Å². The standard InChI is InChI=1S/C19H26N4O.ClH/c1-13(14(2)20)19(24)21-18-12-17(15-8-6-7-9-15)22-23(18)16-10-4-3-5-11-16;/h3-5,10-15H,6-9,20H2,1-2H3,(H,21,24);1H. The molecule has 1 aromatic carbocycles. The second-order valence-corrected chi connectivity index (χ2v) is 6.82. The largest absolute Gasteiger partial charge is 0.327 e. The Balaban J connectivity index is 0.00000225. The minimum absolute atomic E-state index is 0. The van der Waals surface area contributed by atoms with E-state index < -0.39 is 0 Å². The number of nitrogens with two attached hydrogens (primary N) is 1. The van der Waals surface area contributed by atoms with Crippen LogP contribution in [0.3, 0.4) is 0 Å². The molecular formula is C19H27ClN4O. The number of halogens is 1. The number of nitrogens with one attached hydrogen (secondary N) is 1. The number of benzene rings is 1. The van der Waals surface area contributed by atoms with Crippen molar-refractivity contribution >= 4 is 24.1 Å². The molecule has 25 heavy (non-hydrogen) atoms. The molecule has 1 heterocycles. The maximum atomic E-state index is 12.4. The summed E-state index contributed by atoms with van der Waals surface area (Å²) in [6.45, 7) is 3.70. The summed E-state index contributed by atoms with van der Waals surface area (Å²) in [4.78, 5) is 12.4. The number of aromatic nitrogens is 2. The summed E-state index contributed by atoms with van der Waals surface area (Å²) in [5.41, 5.74) is 7.88. The van der Waals surface area contributed by atoms with Crippen molar-refractivity contribution in [3.8, 4) is 5.69 Å². The van der Waals surface area contributed by atoms with E-state index in [9.17, 15) is 4.79 Å². The molecule has 6 heteroatoms. The normalized spacial score (nSPS) is 16.9. The minimum atomic E-state index is -0.251. The van der Waals surface area contributed by atoms with Crippen LogP contribution >= 0.6 is 12.4 Å². The van der Waals surface area contributed by atoms with E-state index in [2.05, 4.69) is 5.32 Å². The van der Waals surface area contributed by atoms with Crippen molar-refractivity contribution in [2.75, 3.05) is 5.32 Å². The van der Waals surface area contributed by atoms with Crippen LogP contribution < -0.4 is 11.1 Å². The maximum absolute atomic E-state index is 12.4. The molecule has 3 N–H and O–H groups in total. The summed E-state index contributed by atoms with van der Waals surface area (Å²) in [5.74, 6) is 0.899. The van der Waals surface area contributed by atoms with Gasteiger partial charge in [-0.05, 0) is 31.9 Å². The number of amides is 1. The zero-order valence-corrected chi connectivity index (χ0v) is 15.6. The lowest BCUT2D eigenvalue weighted by Gasteiger charge is -2.16. The number of anilines is 1. The predicted octanol–water partition coefficient (Wildman–Crippen LogP) is 3.87. The highest BCUT2D eigenvalue weighted by Crippen LogP contribution is 2.35. The molecule has 0 aliphatic heterocycles. The van der Waals surface area contributed by atoms with E-state index >= 15 is 0 Å². The molecular weight excluding hydrogens is 336 g/mol. The third kappa shape index (κ3) is 4.41. The van der Waals surface area contributed by atoms with Crippen molar-refractivity contribution < 1.29 is 4.79 Å². The second kappa shape index (κ2) is 8.50. The number of nitrogens with zero attached hydrogens (tertiary/aromatic N) is 2. The van der Waals surface area contributed by atoms with Gasteiger partial charge in [0.05, 0.1) is 17.3 Å². The van der Waals surface area contributed by atoms with Crippen LogP contribution in [0.1, 0.15) is 51.1 Å². The predicted molar refractivity (Wildman–Crippen MR) is 103 cm³/mol. The van der Waals surface area contributed by atoms with E-state index in [1.807, 2.05) is 54.9 Å². The van der Waals surface area contributed by atoms with Crippen LogP contribution in [-0.2, 0) is 4.79 Å². The van der Waals surface area contributed by atoms with Crippen LogP contribution in [0.4, 0.5) is 5.82 Å². The average molecular weight is 363 g/mol. The summed E-state index contributed by atoms with van der Waals surface area (Å²) in [6.07, 6.45) is 4.86. The topological polar surface area (TPSA) is 72.9 Å². The molecule has 3 rings (SSSR count). The first-order valence-corrected chi connectivity index (χ1v) is 8.78. The lowest BCUT2D eigenvalue weighted by atomic mass is 10.0. The van der Waals surface area contributed by atoms with Crippen molar-refractivity contribution in [3.63, 3.8) is 0 Å². The zero-order chi connectivity index (χ0) is 17.1. The monoisotopic (exact) mass is 362 g/mol. The highest BCUT2D eigenvalue weighted by atomic mass is 35.5. The van der Waals surface area contributed by atoms with E-state index in [1.54, 1.807) is 0 Å². The number of carbonyl (C=O) groups is 1. The van der Waals surface area contributed by atoms with Crippen LogP contribution in [0, 0.1) is 5.92 Å². The molecule has 0 radical (unpaired) electrons. The van der Waals surface area contributed by atoms with E-state index in [-0.39, 0.29) is 30.3 Å². The van der Waals surface area contributed by atoms with Gasteiger partial charge >= 0.3 is 0 Å². The first-order valence-electron chi connectivity index (χ1n) is 8.78. The van der Waals surface area contributed by atoms with Gasteiger partial charge in [0.1, 0.15) is 5.82 Å². The maximum Gasteiger partial charge on any atom is 0.229 e. The van der Waals surface area contributed by atoms with E-state index in [1.165, 1.54) is 25.7 Å². The Morgan fingerprint density at radius 2 is 1.88 bits per heavy atom. The third-order valence-electron chi connectivity index (χ3n) is 4.96. The Morgan fingerprint density at radius 1 is 1.24 bits per heavy atom. The van der Waals surface area contributed by atoms with Gasteiger partial charge in [0.25, 0.3) is 0 Å². The van der Waals surface area contributed by atoms with Crippen LogP contribution in [-0.4, -0.2) is 21.7 Å². The number of hydrogen-bond acceptors (Lipinski definition) is 3. The SMILES string of the molecule is CC(N)C(C)C(=O)Nc1cc(C2CCCC2)nn1-c1ccccc1.Cl. The summed E-state index contributed by atoms with van der Waals surface area (Å²) >= 11 is 0. The number of hydrogen-bond donors (Lipinski definition) is 2. The van der Waals surface area contributed by atoms with Gasteiger partial charge in [-0.25, -0.2) is 4.68 Å². The fraction of sp³-hybridized carbons (Fsp3) is 0.474. The highest BCUT2D eigenvalue weighted by Gasteiger charge is 2.24. The van der Waals surface area contributed by atoms with Gasteiger partial charge < -0.3 is 11.1 Å². The van der Waals surface area contributed by atoms with Crippen LogP contribution in [0.2, 0.25) is 0 Å². The molecule has 0 spiro atoms. The molecule has 2 atom stereocenters. The van der Waals surface area contributed by atoms with Gasteiger partial charge in [-0.1, -0.05) is 38.0 Å². The first kappa shape index (κ1) is 19.5. The molecule has 5 nitrogen and oxygen atoms in total. The molecule has 0 saturated heterocycles. The Labute approximate surface area is 155 Å². The third-order valence-corrected chi connectivity index (χ3v) is 4.96.